The van der Waals surface area contributed by atoms with E-state index >= 15 is 0 Å². The Hall–Kier alpha value is -3.08. The van der Waals surface area contributed by atoms with Crippen molar-refractivity contribution in [1.82, 2.24) is 10.0 Å². The summed E-state index contributed by atoms with van der Waals surface area (Å²) in [7, 11) is -1.66. The van der Waals surface area contributed by atoms with Crippen LogP contribution in [0.15, 0.2) is 52.9 Å². The highest BCUT2D eigenvalue weighted by Crippen LogP contribution is 2.47. The molecule has 11 heteroatoms. The van der Waals surface area contributed by atoms with E-state index in [1.54, 1.807) is 13.2 Å². The molecule has 2 bridgehead atoms. The van der Waals surface area contributed by atoms with Gasteiger partial charge >= 0.3 is 6.03 Å². The van der Waals surface area contributed by atoms with Gasteiger partial charge in [-0.3, -0.25) is 9.52 Å². The molecule has 0 radical (unpaired) electrons. The van der Waals surface area contributed by atoms with Crippen molar-refractivity contribution in [2.45, 2.75) is 76.4 Å². The van der Waals surface area contributed by atoms with Crippen LogP contribution in [0.5, 0.6) is 5.75 Å². The fraction of sp³-hybridized carbons (Fsp3) is 0.568. The number of ether oxygens (including phenoxy) is 2. The summed E-state index contributed by atoms with van der Waals surface area (Å²) in [5, 5.41) is 3.62. The number of carbonyl (C=O) groups is 2. The molecule has 2 N–H and O–H groups in total. The summed E-state index contributed by atoms with van der Waals surface area (Å²) in [4.78, 5) is 29.2. The van der Waals surface area contributed by atoms with Crippen molar-refractivity contribution in [2.24, 2.45) is 28.0 Å². The van der Waals surface area contributed by atoms with Crippen LogP contribution in [0.2, 0.25) is 5.02 Å². The second-order valence-corrected chi connectivity index (χ2v) is 17.3. The lowest BCUT2D eigenvalue weighted by atomic mass is 9.68. The summed E-state index contributed by atoms with van der Waals surface area (Å²) in [6, 6.07) is 11.1. The number of nitrogens with one attached hydrogen (secondary N) is 2. The van der Waals surface area contributed by atoms with Crippen LogP contribution in [-0.4, -0.2) is 60.9 Å². The van der Waals surface area contributed by atoms with Gasteiger partial charge in [0.25, 0.3) is 5.91 Å². The molecular formula is C37H47ClN4O5S. The van der Waals surface area contributed by atoms with Gasteiger partial charge in [-0.15, -0.1) is 4.36 Å². The SMILES string of the molecule is CO[C@H]1/C=C/C[C@H](C)CS(=O)(NC(=O)N[C@H]2C[C@H]2C)=NC(=O)c2ccc3c(c2)N(C[C@@H]2CC[C@H]21)C[C@@]1(CCCc2cc(Cl)ccc21)CO3. The lowest BCUT2D eigenvalue weighted by molar-refractivity contribution is 0.0131. The van der Waals surface area contributed by atoms with Gasteiger partial charge in [-0.25, -0.2) is 9.00 Å². The second kappa shape index (κ2) is 13.3. The molecule has 3 amide bonds. The fourth-order valence-corrected chi connectivity index (χ4v) is 10.3. The maximum atomic E-state index is 14.3. The Balaban J connectivity index is 1.28. The van der Waals surface area contributed by atoms with Crippen molar-refractivity contribution in [3.8, 4) is 5.75 Å². The first-order valence-electron chi connectivity index (χ1n) is 17.4. The number of carbonyl (C=O) groups excluding carboxylic acids is 2. The van der Waals surface area contributed by atoms with E-state index in [-0.39, 0.29) is 29.2 Å². The van der Waals surface area contributed by atoms with Crippen LogP contribution in [0.25, 0.3) is 0 Å². The molecule has 8 atom stereocenters. The fourth-order valence-electron chi connectivity index (χ4n) is 8.23. The zero-order chi connectivity index (χ0) is 33.6. The van der Waals surface area contributed by atoms with Crippen LogP contribution in [0, 0.1) is 23.7 Å². The molecule has 1 spiro atoms. The summed E-state index contributed by atoms with van der Waals surface area (Å²) in [6.07, 6.45) is 10.9. The van der Waals surface area contributed by atoms with Crippen LogP contribution in [0.1, 0.15) is 73.9 Å². The van der Waals surface area contributed by atoms with E-state index in [9.17, 15) is 13.8 Å². The smallest absolute Gasteiger partial charge is 0.327 e. The molecule has 9 nitrogen and oxygen atoms in total. The summed E-state index contributed by atoms with van der Waals surface area (Å²) >= 11 is 6.44. The van der Waals surface area contributed by atoms with E-state index in [4.69, 9.17) is 21.1 Å². The lowest BCUT2D eigenvalue weighted by Gasteiger charge is -2.46. The number of urea groups is 1. The number of rotatable bonds is 3. The van der Waals surface area contributed by atoms with Crippen molar-refractivity contribution in [1.29, 1.82) is 0 Å². The van der Waals surface area contributed by atoms with Gasteiger partial charge in [0.2, 0.25) is 0 Å². The molecular weight excluding hydrogens is 648 g/mol. The number of allylic oxidation sites excluding steroid dienone is 1. The molecule has 2 fully saturated rings. The number of hydrogen-bond donors (Lipinski definition) is 2. The Labute approximate surface area is 289 Å². The number of anilines is 1. The van der Waals surface area contributed by atoms with E-state index in [1.807, 2.05) is 32.0 Å². The summed E-state index contributed by atoms with van der Waals surface area (Å²) in [6.45, 7) is 6.06. The Morgan fingerprint density at radius 3 is 2.77 bits per heavy atom. The first kappa shape index (κ1) is 33.4. The van der Waals surface area contributed by atoms with Gasteiger partial charge in [-0.05, 0) is 110 Å². The third-order valence-electron chi connectivity index (χ3n) is 11.2. The zero-order valence-electron chi connectivity index (χ0n) is 28.1. The summed E-state index contributed by atoms with van der Waals surface area (Å²) in [5.41, 5.74) is 3.47. The van der Waals surface area contributed by atoms with Gasteiger partial charge < -0.3 is 19.7 Å². The molecule has 1 unspecified atom stereocenters. The van der Waals surface area contributed by atoms with Crippen molar-refractivity contribution in [3.05, 3.63) is 70.3 Å². The Bertz CT molecular complexity index is 1740. The minimum atomic E-state index is -3.44. The maximum Gasteiger partial charge on any atom is 0.327 e. The molecule has 48 heavy (non-hydrogen) atoms. The topological polar surface area (TPSA) is 109 Å². The number of halogens is 1. The van der Waals surface area contributed by atoms with Crippen LogP contribution in [0.3, 0.4) is 0 Å². The first-order chi connectivity index (χ1) is 23.0. The van der Waals surface area contributed by atoms with E-state index in [2.05, 4.69) is 43.6 Å². The normalized spacial score (nSPS) is 35.1. The van der Waals surface area contributed by atoms with Crippen LogP contribution in [-0.2, 0) is 26.5 Å². The molecule has 0 saturated heterocycles. The number of amides is 3. The zero-order valence-corrected chi connectivity index (χ0v) is 29.7. The molecule has 258 valence electrons. The van der Waals surface area contributed by atoms with Gasteiger partial charge in [0.15, 0.2) is 0 Å². The largest absolute Gasteiger partial charge is 0.490 e. The van der Waals surface area contributed by atoms with Crippen molar-refractivity contribution < 1.29 is 23.3 Å². The Kier molecular flexibility index (Phi) is 9.28. The highest BCUT2D eigenvalue weighted by atomic mass is 35.5. The van der Waals surface area contributed by atoms with Gasteiger partial charge in [0, 0.05) is 42.2 Å². The average Bonchev–Trinajstić information content (AvgIpc) is 3.75. The predicted molar refractivity (Wildman–Crippen MR) is 189 cm³/mol. The molecule has 0 aromatic heterocycles. The minimum absolute atomic E-state index is 0.0375. The molecule has 2 saturated carbocycles. The van der Waals surface area contributed by atoms with Crippen LogP contribution < -0.4 is 19.7 Å². The highest BCUT2D eigenvalue weighted by Gasteiger charge is 2.44. The molecule has 2 aromatic carbocycles. The number of nitrogens with zero attached hydrogens (tertiary/aromatic N) is 2. The maximum absolute atomic E-state index is 14.3. The minimum Gasteiger partial charge on any atom is -0.490 e. The Morgan fingerprint density at radius 1 is 1.19 bits per heavy atom. The van der Waals surface area contributed by atoms with E-state index in [0.717, 1.165) is 68.1 Å². The van der Waals surface area contributed by atoms with Gasteiger partial charge in [0.05, 0.1) is 24.2 Å². The first-order valence-corrected chi connectivity index (χ1v) is 19.5. The van der Waals surface area contributed by atoms with Gasteiger partial charge in [-0.1, -0.05) is 43.7 Å². The standard InChI is InChI=1S/C37H47ClN4O5S/c1-23-6-4-8-33(46-3)29-12-9-27(29)19-42-21-37(15-5-7-25-17-28(38)11-13-30(25)37)22-47-34-14-10-26(18-32(34)42)35(43)40-48(45,20-23)41-36(44)39-31-16-24(31)2/h4,8,10-11,13-14,17-18,23-24,27,29,31,33H,5-7,9,12,15-16,19-22H2,1-3H3,(H2,39,40,41,43,44,45)/b8-4+/t23-,24+,27-,29+,31-,33-,37-,48?/m0/s1. The van der Waals surface area contributed by atoms with E-state index < -0.39 is 21.9 Å². The van der Waals surface area contributed by atoms with Crippen molar-refractivity contribution >= 4 is 39.1 Å². The molecule has 2 aliphatic heterocycles. The van der Waals surface area contributed by atoms with Crippen LogP contribution >= 0.6 is 11.6 Å². The van der Waals surface area contributed by atoms with Gasteiger partial charge in [0.1, 0.15) is 15.7 Å². The molecule has 2 aromatic rings. The third-order valence-corrected chi connectivity index (χ3v) is 13.4. The number of benzene rings is 2. The van der Waals surface area contributed by atoms with Crippen molar-refractivity contribution in [3.63, 3.8) is 0 Å². The van der Waals surface area contributed by atoms with E-state index in [1.165, 1.54) is 11.1 Å². The highest BCUT2D eigenvalue weighted by molar-refractivity contribution is 7.92. The quantitative estimate of drug-likeness (QED) is 0.347. The molecule has 7 rings (SSSR count). The molecule has 3 aliphatic carbocycles. The monoisotopic (exact) mass is 694 g/mol. The van der Waals surface area contributed by atoms with Gasteiger partial charge in [-0.2, -0.15) is 0 Å². The van der Waals surface area contributed by atoms with Crippen molar-refractivity contribution in [2.75, 3.05) is 37.5 Å². The Morgan fingerprint density at radius 2 is 2.02 bits per heavy atom. The van der Waals surface area contributed by atoms with Crippen LogP contribution in [0.4, 0.5) is 10.5 Å². The molecule has 5 aliphatic rings. The predicted octanol–water partition coefficient (Wildman–Crippen LogP) is 6.68. The lowest BCUT2D eigenvalue weighted by Crippen LogP contribution is -2.49. The summed E-state index contributed by atoms with van der Waals surface area (Å²) < 4.78 is 33.8. The number of aryl methyl sites for hydroxylation is 1. The summed E-state index contributed by atoms with van der Waals surface area (Å²) in [5.74, 6) is 1.18. The second-order valence-electron chi connectivity index (χ2n) is 14.9. The molecule has 2 heterocycles. The number of methoxy groups -OCH3 is 1. The average molecular weight is 695 g/mol. The third kappa shape index (κ3) is 6.85. The number of hydrogen-bond acceptors (Lipinski definition) is 6. The van der Waals surface area contributed by atoms with E-state index in [0.29, 0.717) is 36.3 Å². The number of fused-ring (bicyclic) bond motifs is 4.